The van der Waals surface area contributed by atoms with Crippen molar-refractivity contribution in [1.82, 2.24) is 19.4 Å². The number of esters is 1. The minimum absolute atomic E-state index is 0.0342. The van der Waals surface area contributed by atoms with Gasteiger partial charge in [-0.3, -0.25) is 19.0 Å². The topological polar surface area (TPSA) is 98.1 Å². The van der Waals surface area contributed by atoms with E-state index in [9.17, 15) is 27.6 Å². The van der Waals surface area contributed by atoms with Crippen molar-refractivity contribution in [3.63, 3.8) is 0 Å². The Morgan fingerprint density at radius 1 is 1.06 bits per heavy atom. The molecule has 0 radical (unpaired) electrons. The Bertz CT molecular complexity index is 1500. The number of hydrogen-bond donors (Lipinski definition) is 2. The molecule has 0 aliphatic heterocycles. The number of halogens is 3. The minimum Gasteiger partial charge on any atom is -0.465 e. The van der Waals surface area contributed by atoms with Gasteiger partial charge in [-0.05, 0) is 36.2 Å². The normalized spacial score (nSPS) is 11.7. The SMILES string of the molecule is CCOC(=O)Cn1c(=O)c(=O)[nH]c2cc(C(F)(F)F)c(-n3ccc(CNCc4ccccc4)c3)cc21. The maximum Gasteiger partial charge on any atom is 0.418 e. The minimum atomic E-state index is -4.75. The standard InChI is InChI=1S/C25H23F3N4O4/c1-2-36-22(33)15-32-21-11-20(18(25(26,27)28)10-19(21)30-23(34)24(32)35)31-9-8-17(14-31)13-29-12-16-6-4-3-5-7-16/h3-11,14,29H,2,12-13,15H2,1H3,(H,30,34). The van der Waals surface area contributed by atoms with Crippen LogP contribution >= 0.6 is 0 Å². The van der Waals surface area contributed by atoms with Crippen molar-refractivity contribution in [2.45, 2.75) is 32.7 Å². The van der Waals surface area contributed by atoms with Crippen LogP contribution in [0, 0.1) is 0 Å². The lowest BCUT2D eigenvalue weighted by Crippen LogP contribution is -2.38. The monoisotopic (exact) mass is 500 g/mol. The van der Waals surface area contributed by atoms with Crippen molar-refractivity contribution in [3.05, 3.63) is 98.3 Å². The number of ether oxygens (including phenoxy) is 1. The summed E-state index contributed by atoms with van der Waals surface area (Å²) >= 11 is 0. The summed E-state index contributed by atoms with van der Waals surface area (Å²) in [6.07, 6.45) is -1.72. The quantitative estimate of drug-likeness (QED) is 0.286. The Morgan fingerprint density at radius 3 is 2.47 bits per heavy atom. The molecule has 0 amide bonds. The molecule has 8 nitrogen and oxygen atoms in total. The van der Waals surface area contributed by atoms with E-state index in [0.717, 1.165) is 27.8 Å². The van der Waals surface area contributed by atoms with Crippen molar-refractivity contribution >= 4 is 17.0 Å². The molecule has 11 heteroatoms. The Kier molecular flexibility index (Phi) is 7.11. The fraction of sp³-hybridized carbons (Fsp3) is 0.240. The first-order chi connectivity index (χ1) is 17.2. The molecule has 0 saturated heterocycles. The molecule has 36 heavy (non-hydrogen) atoms. The number of benzene rings is 2. The smallest absolute Gasteiger partial charge is 0.418 e. The average molecular weight is 500 g/mol. The van der Waals surface area contributed by atoms with Gasteiger partial charge in [-0.2, -0.15) is 13.2 Å². The highest BCUT2D eigenvalue weighted by Crippen LogP contribution is 2.36. The first-order valence-corrected chi connectivity index (χ1v) is 11.1. The summed E-state index contributed by atoms with van der Waals surface area (Å²) in [4.78, 5) is 38.8. The van der Waals surface area contributed by atoms with E-state index in [-0.39, 0.29) is 23.3 Å². The number of fused-ring (bicyclic) bond motifs is 1. The van der Waals surface area contributed by atoms with Crippen LogP contribution < -0.4 is 16.4 Å². The number of hydrogen-bond acceptors (Lipinski definition) is 5. The molecule has 0 aliphatic rings. The second kappa shape index (κ2) is 10.2. The van der Waals surface area contributed by atoms with E-state index in [4.69, 9.17) is 4.74 Å². The van der Waals surface area contributed by atoms with Crippen LogP contribution in [0.15, 0.2) is 70.5 Å². The van der Waals surface area contributed by atoms with Gasteiger partial charge in [-0.25, -0.2) is 0 Å². The van der Waals surface area contributed by atoms with Gasteiger partial charge in [-0.15, -0.1) is 0 Å². The summed E-state index contributed by atoms with van der Waals surface area (Å²) in [5.41, 5.74) is -1.92. The summed E-state index contributed by atoms with van der Waals surface area (Å²) in [7, 11) is 0. The fourth-order valence-electron chi connectivity index (χ4n) is 3.88. The van der Waals surface area contributed by atoms with E-state index in [0.29, 0.717) is 13.1 Å². The largest absolute Gasteiger partial charge is 0.465 e. The zero-order chi connectivity index (χ0) is 25.9. The Balaban J connectivity index is 1.74. The summed E-state index contributed by atoms with van der Waals surface area (Å²) in [5.74, 6) is -0.791. The van der Waals surface area contributed by atoms with Gasteiger partial charge in [0.2, 0.25) is 0 Å². The van der Waals surface area contributed by atoms with Gasteiger partial charge < -0.3 is 19.6 Å². The Morgan fingerprint density at radius 2 is 1.78 bits per heavy atom. The summed E-state index contributed by atoms with van der Waals surface area (Å²) in [6, 6.07) is 13.2. The number of nitrogens with zero attached hydrogens (tertiary/aromatic N) is 2. The lowest BCUT2D eigenvalue weighted by molar-refractivity contribution is -0.143. The van der Waals surface area contributed by atoms with Crippen LogP contribution in [0.3, 0.4) is 0 Å². The van der Waals surface area contributed by atoms with E-state index < -0.39 is 35.4 Å². The maximum absolute atomic E-state index is 14.0. The predicted octanol–water partition coefficient (Wildman–Crippen LogP) is 3.35. The van der Waals surface area contributed by atoms with E-state index >= 15 is 0 Å². The number of aromatic nitrogens is 3. The molecule has 4 aromatic rings. The number of aromatic amines is 1. The Hall–Kier alpha value is -4.12. The molecule has 0 bridgehead atoms. The van der Waals surface area contributed by atoms with E-state index in [1.807, 2.05) is 30.3 Å². The molecule has 0 fully saturated rings. The van der Waals surface area contributed by atoms with Gasteiger partial charge in [0, 0.05) is 25.5 Å². The molecule has 0 unspecified atom stereocenters. The van der Waals surface area contributed by atoms with Crippen molar-refractivity contribution in [2.75, 3.05) is 6.61 Å². The van der Waals surface area contributed by atoms with Gasteiger partial charge in [0.05, 0.1) is 28.9 Å². The molecular weight excluding hydrogens is 477 g/mol. The zero-order valence-electron chi connectivity index (χ0n) is 19.3. The van der Waals surface area contributed by atoms with Gasteiger partial charge in [0.1, 0.15) is 6.54 Å². The number of alkyl halides is 3. The van der Waals surface area contributed by atoms with Crippen LogP contribution in [0.25, 0.3) is 16.7 Å². The molecule has 188 valence electrons. The third-order valence-corrected chi connectivity index (χ3v) is 5.52. The first kappa shape index (κ1) is 25.0. The molecule has 2 aromatic heterocycles. The second-order valence-corrected chi connectivity index (χ2v) is 8.05. The number of rotatable bonds is 8. The highest BCUT2D eigenvalue weighted by Gasteiger charge is 2.35. The average Bonchev–Trinajstić information content (AvgIpc) is 3.30. The van der Waals surface area contributed by atoms with Crippen molar-refractivity contribution in [3.8, 4) is 5.69 Å². The van der Waals surface area contributed by atoms with E-state index in [1.54, 1.807) is 19.2 Å². The molecular formula is C25H23F3N4O4. The van der Waals surface area contributed by atoms with Crippen LogP contribution in [0.2, 0.25) is 0 Å². The summed E-state index contributed by atoms with van der Waals surface area (Å²) < 4.78 is 48.9. The predicted molar refractivity (Wildman–Crippen MR) is 127 cm³/mol. The third-order valence-electron chi connectivity index (χ3n) is 5.52. The van der Waals surface area contributed by atoms with Crippen LogP contribution in [0.1, 0.15) is 23.6 Å². The van der Waals surface area contributed by atoms with Gasteiger partial charge in [-0.1, -0.05) is 30.3 Å². The molecule has 0 saturated carbocycles. The van der Waals surface area contributed by atoms with Crippen molar-refractivity contribution in [2.24, 2.45) is 0 Å². The number of H-pyrrole nitrogens is 1. The highest BCUT2D eigenvalue weighted by molar-refractivity contribution is 5.81. The Labute approximate surface area is 202 Å². The van der Waals surface area contributed by atoms with E-state index in [2.05, 4.69) is 10.3 Å². The maximum atomic E-state index is 14.0. The van der Waals surface area contributed by atoms with Crippen LogP contribution in [0.5, 0.6) is 0 Å². The third kappa shape index (κ3) is 5.41. The number of nitrogens with one attached hydrogen (secondary N) is 2. The van der Waals surface area contributed by atoms with Crippen LogP contribution in [0.4, 0.5) is 13.2 Å². The van der Waals surface area contributed by atoms with Gasteiger partial charge >= 0.3 is 23.3 Å². The molecule has 0 atom stereocenters. The summed E-state index contributed by atoms with van der Waals surface area (Å²) in [6.45, 7) is 2.00. The molecule has 4 rings (SSSR count). The number of carbonyl (C=O) groups excluding carboxylic acids is 1. The van der Waals surface area contributed by atoms with E-state index in [1.165, 1.54) is 10.8 Å². The molecule has 0 aliphatic carbocycles. The second-order valence-electron chi connectivity index (χ2n) is 8.05. The van der Waals surface area contributed by atoms with Gasteiger partial charge in [0.25, 0.3) is 0 Å². The zero-order valence-corrected chi connectivity index (χ0v) is 19.3. The first-order valence-electron chi connectivity index (χ1n) is 11.1. The molecule has 0 spiro atoms. The fourth-order valence-corrected chi connectivity index (χ4v) is 3.88. The summed E-state index contributed by atoms with van der Waals surface area (Å²) in [5, 5.41) is 3.24. The number of carbonyl (C=O) groups is 1. The molecule has 2 heterocycles. The molecule has 2 N–H and O–H groups in total. The van der Waals surface area contributed by atoms with Crippen molar-refractivity contribution in [1.29, 1.82) is 0 Å². The van der Waals surface area contributed by atoms with Crippen LogP contribution in [-0.2, 0) is 35.3 Å². The van der Waals surface area contributed by atoms with Crippen LogP contribution in [-0.4, -0.2) is 26.7 Å². The lowest BCUT2D eigenvalue weighted by atomic mass is 10.1. The van der Waals surface area contributed by atoms with Crippen molar-refractivity contribution < 1.29 is 22.7 Å². The lowest BCUT2D eigenvalue weighted by Gasteiger charge is -2.17. The highest BCUT2D eigenvalue weighted by atomic mass is 19.4. The molecule has 2 aromatic carbocycles. The van der Waals surface area contributed by atoms with Gasteiger partial charge in [0.15, 0.2) is 0 Å².